The van der Waals surface area contributed by atoms with Gasteiger partial charge in [0.25, 0.3) is 0 Å². The van der Waals surface area contributed by atoms with Gasteiger partial charge >= 0.3 is 5.97 Å². The maximum absolute atomic E-state index is 11.3. The summed E-state index contributed by atoms with van der Waals surface area (Å²) in [5.74, 6) is 0.0391. The molecule has 0 N–H and O–H groups in total. The van der Waals surface area contributed by atoms with Crippen LogP contribution in [0.1, 0.15) is 27.2 Å². The highest BCUT2D eigenvalue weighted by Gasteiger charge is 2.38. The molecule has 1 rings (SSSR count). The van der Waals surface area contributed by atoms with Gasteiger partial charge < -0.3 is 9.47 Å². The Labute approximate surface area is 99.8 Å². The predicted molar refractivity (Wildman–Crippen MR) is 62.3 cm³/mol. The summed E-state index contributed by atoms with van der Waals surface area (Å²) >= 11 is 7.11. The van der Waals surface area contributed by atoms with Gasteiger partial charge in [0, 0.05) is 11.1 Å². The van der Waals surface area contributed by atoms with Crippen molar-refractivity contribution in [3.05, 3.63) is 0 Å². The Hall–Kier alpha value is 0.0700. The van der Waals surface area contributed by atoms with Gasteiger partial charge in [0.05, 0.1) is 19.1 Å². The van der Waals surface area contributed by atoms with Gasteiger partial charge in [-0.25, -0.2) is 0 Å². The van der Waals surface area contributed by atoms with Crippen molar-refractivity contribution in [3.63, 3.8) is 0 Å². The molecule has 3 atom stereocenters. The summed E-state index contributed by atoms with van der Waals surface area (Å²) in [7, 11) is 0. The summed E-state index contributed by atoms with van der Waals surface area (Å²) < 4.78 is 10.9. The third-order valence-electron chi connectivity index (χ3n) is 2.33. The minimum atomic E-state index is -0.560. The van der Waals surface area contributed by atoms with E-state index in [1.165, 1.54) is 0 Å². The third kappa shape index (κ3) is 3.85. The van der Waals surface area contributed by atoms with Crippen molar-refractivity contribution in [2.24, 2.45) is 0 Å². The first-order valence-electron chi connectivity index (χ1n) is 5.04. The van der Waals surface area contributed by atoms with Crippen molar-refractivity contribution in [1.29, 1.82) is 0 Å². The van der Waals surface area contributed by atoms with Gasteiger partial charge in [0.15, 0.2) is 4.93 Å². The molecule has 3 unspecified atom stereocenters. The SMILES string of the molecule is CC1OCC(C)(OC(=O)CCCl)SC1C. The summed E-state index contributed by atoms with van der Waals surface area (Å²) in [5.41, 5.74) is 0. The van der Waals surface area contributed by atoms with E-state index >= 15 is 0 Å². The minimum absolute atomic E-state index is 0.204. The van der Waals surface area contributed by atoms with E-state index in [2.05, 4.69) is 6.92 Å². The van der Waals surface area contributed by atoms with Crippen molar-refractivity contribution in [2.45, 2.75) is 43.5 Å². The van der Waals surface area contributed by atoms with Gasteiger partial charge in [-0.2, -0.15) is 0 Å². The zero-order valence-electron chi connectivity index (χ0n) is 9.29. The number of hydrogen-bond donors (Lipinski definition) is 0. The standard InChI is InChI=1S/C10H17ClO3S/c1-7-8(2)15-10(3,6-13-7)14-9(12)4-5-11/h7-8H,4-6H2,1-3H3. The van der Waals surface area contributed by atoms with Crippen LogP contribution in [0.15, 0.2) is 0 Å². The Bertz CT molecular complexity index is 237. The van der Waals surface area contributed by atoms with Crippen LogP contribution in [-0.4, -0.2) is 34.7 Å². The van der Waals surface area contributed by atoms with Gasteiger partial charge in [0.2, 0.25) is 0 Å². The smallest absolute Gasteiger partial charge is 0.308 e. The molecule has 5 heteroatoms. The summed E-state index contributed by atoms with van der Waals surface area (Å²) in [6.45, 7) is 6.42. The molecule has 0 amide bonds. The first kappa shape index (κ1) is 13.1. The van der Waals surface area contributed by atoms with E-state index < -0.39 is 4.93 Å². The van der Waals surface area contributed by atoms with E-state index in [0.717, 1.165) is 0 Å². The van der Waals surface area contributed by atoms with Gasteiger partial charge in [-0.05, 0) is 13.8 Å². The molecular weight excluding hydrogens is 236 g/mol. The highest BCUT2D eigenvalue weighted by molar-refractivity contribution is 8.01. The molecule has 1 aliphatic heterocycles. The molecule has 3 nitrogen and oxygen atoms in total. The van der Waals surface area contributed by atoms with Crippen molar-refractivity contribution < 1.29 is 14.3 Å². The highest BCUT2D eigenvalue weighted by atomic mass is 35.5. The number of carbonyl (C=O) groups is 1. The maximum atomic E-state index is 11.3. The topological polar surface area (TPSA) is 35.5 Å². The predicted octanol–water partition coefficient (Wildman–Crippen LogP) is 2.42. The number of halogens is 1. The molecule has 88 valence electrons. The van der Waals surface area contributed by atoms with Crippen molar-refractivity contribution in [2.75, 3.05) is 12.5 Å². The van der Waals surface area contributed by atoms with Crippen LogP contribution >= 0.6 is 23.4 Å². The Morgan fingerprint density at radius 3 is 2.87 bits per heavy atom. The number of hydrogen-bond acceptors (Lipinski definition) is 4. The molecule has 0 aliphatic carbocycles. The fourth-order valence-electron chi connectivity index (χ4n) is 1.36. The average molecular weight is 253 g/mol. The van der Waals surface area contributed by atoms with Crippen LogP contribution in [0.3, 0.4) is 0 Å². The normalized spacial score (nSPS) is 36.3. The lowest BCUT2D eigenvalue weighted by Crippen LogP contribution is -2.43. The Morgan fingerprint density at radius 2 is 2.33 bits per heavy atom. The number of thioether (sulfide) groups is 1. The average Bonchev–Trinajstić information content (AvgIpc) is 2.12. The summed E-state index contributed by atoms with van der Waals surface area (Å²) in [6, 6.07) is 0. The van der Waals surface area contributed by atoms with Crippen LogP contribution in [0.5, 0.6) is 0 Å². The Morgan fingerprint density at radius 1 is 1.67 bits per heavy atom. The molecule has 15 heavy (non-hydrogen) atoms. The summed E-state index contributed by atoms with van der Waals surface area (Å²) in [5, 5.41) is 0.326. The zero-order valence-corrected chi connectivity index (χ0v) is 10.9. The number of alkyl halides is 1. The Kier molecular flexibility index (Phi) is 4.74. The molecule has 0 radical (unpaired) electrons. The zero-order chi connectivity index (χ0) is 11.5. The van der Waals surface area contributed by atoms with E-state index in [4.69, 9.17) is 21.1 Å². The first-order chi connectivity index (χ1) is 6.97. The third-order valence-corrected chi connectivity index (χ3v) is 3.98. The van der Waals surface area contributed by atoms with Crippen LogP contribution in [-0.2, 0) is 14.3 Å². The molecule has 0 bridgehead atoms. The maximum Gasteiger partial charge on any atom is 0.308 e. The number of ether oxygens (including phenoxy) is 2. The number of rotatable bonds is 3. The fraction of sp³-hybridized carbons (Fsp3) is 0.900. The quantitative estimate of drug-likeness (QED) is 0.571. The molecule has 1 saturated heterocycles. The van der Waals surface area contributed by atoms with Crippen molar-refractivity contribution in [1.82, 2.24) is 0 Å². The molecule has 1 heterocycles. The van der Waals surface area contributed by atoms with Gasteiger partial charge in [-0.15, -0.1) is 23.4 Å². The summed E-state index contributed by atoms with van der Waals surface area (Å²) in [6.07, 6.45) is 0.455. The van der Waals surface area contributed by atoms with E-state index in [1.54, 1.807) is 11.8 Å². The summed E-state index contributed by atoms with van der Waals surface area (Å²) in [4.78, 5) is 10.8. The molecule has 0 saturated carbocycles. The molecule has 0 aromatic heterocycles. The lowest BCUT2D eigenvalue weighted by molar-refractivity contribution is -0.156. The molecule has 1 fully saturated rings. The molecular formula is C10H17ClO3S. The largest absolute Gasteiger partial charge is 0.446 e. The lowest BCUT2D eigenvalue weighted by Gasteiger charge is -2.38. The van der Waals surface area contributed by atoms with E-state index in [-0.39, 0.29) is 18.5 Å². The number of esters is 1. The van der Waals surface area contributed by atoms with E-state index in [1.807, 2.05) is 13.8 Å². The van der Waals surface area contributed by atoms with Crippen LogP contribution in [0.2, 0.25) is 0 Å². The minimum Gasteiger partial charge on any atom is -0.446 e. The second-order valence-corrected chi connectivity index (χ2v) is 6.11. The molecule has 0 aromatic rings. The Balaban J connectivity index is 2.49. The van der Waals surface area contributed by atoms with Crippen LogP contribution < -0.4 is 0 Å². The van der Waals surface area contributed by atoms with E-state index in [0.29, 0.717) is 17.7 Å². The number of carbonyl (C=O) groups excluding carboxylic acids is 1. The van der Waals surface area contributed by atoms with Crippen molar-refractivity contribution >= 4 is 29.3 Å². The van der Waals surface area contributed by atoms with Crippen molar-refractivity contribution in [3.8, 4) is 0 Å². The van der Waals surface area contributed by atoms with Crippen LogP contribution in [0.25, 0.3) is 0 Å². The van der Waals surface area contributed by atoms with E-state index in [9.17, 15) is 4.79 Å². The molecule has 0 spiro atoms. The van der Waals surface area contributed by atoms with Gasteiger partial charge in [-0.1, -0.05) is 6.92 Å². The second kappa shape index (κ2) is 5.41. The lowest BCUT2D eigenvalue weighted by atomic mass is 10.3. The van der Waals surface area contributed by atoms with Gasteiger partial charge in [-0.3, -0.25) is 4.79 Å². The second-order valence-electron chi connectivity index (χ2n) is 3.89. The monoisotopic (exact) mass is 252 g/mol. The first-order valence-corrected chi connectivity index (χ1v) is 6.45. The van der Waals surface area contributed by atoms with Crippen LogP contribution in [0.4, 0.5) is 0 Å². The highest BCUT2D eigenvalue weighted by Crippen LogP contribution is 2.37. The van der Waals surface area contributed by atoms with Gasteiger partial charge in [0.1, 0.15) is 0 Å². The molecule has 1 aliphatic rings. The van der Waals surface area contributed by atoms with Crippen LogP contribution in [0, 0.1) is 0 Å². The fourth-order valence-corrected chi connectivity index (χ4v) is 2.85. The molecule has 0 aromatic carbocycles.